The molecule has 1 saturated heterocycles. The van der Waals surface area contributed by atoms with Crippen LogP contribution >= 0.6 is 11.3 Å². The standard InChI is InChI=1S/C14H20N4O3S/c1-8(2)9-7-22-13(17-9)14(21)18-5-4-16-12(20)10(18)6-11(19)15-3/h7-8,10H,4-6H2,1-3H3,(H,15,19)(H,16,20)/t10-/m0/s1. The number of hydrogen-bond acceptors (Lipinski definition) is 5. The van der Waals surface area contributed by atoms with E-state index in [4.69, 9.17) is 0 Å². The van der Waals surface area contributed by atoms with Gasteiger partial charge in [0.25, 0.3) is 5.91 Å². The van der Waals surface area contributed by atoms with Crippen LogP contribution < -0.4 is 10.6 Å². The third kappa shape index (κ3) is 3.44. The van der Waals surface area contributed by atoms with E-state index in [1.54, 1.807) is 0 Å². The van der Waals surface area contributed by atoms with Crippen LogP contribution in [0.25, 0.3) is 0 Å². The smallest absolute Gasteiger partial charge is 0.283 e. The summed E-state index contributed by atoms with van der Waals surface area (Å²) in [6, 6.07) is -0.785. The molecule has 2 N–H and O–H groups in total. The fourth-order valence-electron chi connectivity index (χ4n) is 2.21. The zero-order valence-electron chi connectivity index (χ0n) is 12.9. The van der Waals surface area contributed by atoms with Crippen LogP contribution in [0.15, 0.2) is 5.38 Å². The van der Waals surface area contributed by atoms with E-state index >= 15 is 0 Å². The average molecular weight is 324 g/mol. The van der Waals surface area contributed by atoms with Crippen molar-refractivity contribution in [1.82, 2.24) is 20.5 Å². The topological polar surface area (TPSA) is 91.4 Å². The summed E-state index contributed by atoms with van der Waals surface area (Å²) in [7, 11) is 1.50. The predicted molar refractivity (Wildman–Crippen MR) is 82.7 cm³/mol. The van der Waals surface area contributed by atoms with Gasteiger partial charge in [-0.15, -0.1) is 11.3 Å². The Morgan fingerprint density at radius 2 is 2.27 bits per heavy atom. The van der Waals surface area contributed by atoms with Crippen molar-refractivity contribution >= 4 is 29.1 Å². The van der Waals surface area contributed by atoms with E-state index in [0.29, 0.717) is 18.1 Å². The number of piperazine rings is 1. The molecule has 1 aromatic heterocycles. The summed E-state index contributed by atoms with van der Waals surface area (Å²) in [4.78, 5) is 42.0. The summed E-state index contributed by atoms with van der Waals surface area (Å²) >= 11 is 1.27. The summed E-state index contributed by atoms with van der Waals surface area (Å²) in [5.74, 6) is -0.629. The van der Waals surface area contributed by atoms with Crippen LogP contribution in [0.1, 0.15) is 41.7 Å². The van der Waals surface area contributed by atoms with Crippen molar-refractivity contribution in [2.45, 2.75) is 32.2 Å². The summed E-state index contributed by atoms with van der Waals surface area (Å²) in [6.45, 7) is 4.78. The molecule has 22 heavy (non-hydrogen) atoms. The number of amides is 3. The van der Waals surface area contributed by atoms with Crippen LogP contribution in [-0.4, -0.2) is 53.8 Å². The number of carbonyl (C=O) groups excluding carboxylic acids is 3. The van der Waals surface area contributed by atoms with E-state index in [1.807, 2.05) is 19.2 Å². The van der Waals surface area contributed by atoms with Crippen molar-refractivity contribution in [3.8, 4) is 0 Å². The maximum absolute atomic E-state index is 12.6. The third-order valence-corrected chi connectivity index (χ3v) is 4.39. The first kappa shape index (κ1) is 16.4. The fourth-order valence-corrected chi connectivity index (χ4v) is 3.14. The van der Waals surface area contributed by atoms with E-state index in [9.17, 15) is 14.4 Å². The van der Waals surface area contributed by atoms with Crippen molar-refractivity contribution < 1.29 is 14.4 Å². The molecule has 0 saturated carbocycles. The molecule has 2 rings (SSSR count). The molecule has 1 aliphatic rings. The molecule has 1 aliphatic heterocycles. The zero-order chi connectivity index (χ0) is 16.3. The van der Waals surface area contributed by atoms with Gasteiger partial charge in [-0.3, -0.25) is 14.4 Å². The Balaban J connectivity index is 2.20. The molecule has 120 valence electrons. The number of thiazole rings is 1. The maximum atomic E-state index is 12.6. The molecule has 1 fully saturated rings. The highest BCUT2D eigenvalue weighted by atomic mass is 32.1. The third-order valence-electron chi connectivity index (χ3n) is 3.55. The van der Waals surface area contributed by atoms with Crippen LogP contribution in [0, 0.1) is 0 Å². The summed E-state index contributed by atoms with van der Waals surface area (Å²) in [5, 5.41) is 7.39. The summed E-state index contributed by atoms with van der Waals surface area (Å²) in [6.07, 6.45) is -0.0452. The van der Waals surface area contributed by atoms with Crippen molar-refractivity contribution in [3.05, 3.63) is 16.1 Å². The first-order chi connectivity index (χ1) is 10.4. The van der Waals surface area contributed by atoms with Crippen LogP contribution in [-0.2, 0) is 9.59 Å². The zero-order valence-corrected chi connectivity index (χ0v) is 13.7. The number of rotatable bonds is 4. The molecule has 0 unspecified atom stereocenters. The molecule has 0 aliphatic carbocycles. The van der Waals surface area contributed by atoms with Gasteiger partial charge in [0.15, 0.2) is 5.01 Å². The maximum Gasteiger partial charge on any atom is 0.283 e. The van der Waals surface area contributed by atoms with Crippen molar-refractivity contribution in [1.29, 1.82) is 0 Å². The molecule has 0 radical (unpaired) electrons. The Morgan fingerprint density at radius 3 is 2.86 bits per heavy atom. The van der Waals surface area contributed by atoms with E-state index < -0.39 is 6.04 Å². The van der Waals surface area contributed by atoms with Gasteiger partial charge in [-0.1, -0.05) is 13.8 Å². The highest BCUT2D eigenvalue weighted by molar-refractivity contribution is 7.11. The highest BCUT2D eigenvalue weighted by Crippen LogP contribution is 2.21. The SMILES string of the molecule is CNC(=O)C[C@H]1C(=O)NCCN1C(=O)c1nc(C(C)C)cs1. The van der Waals surface area contributed by atoms with Gasteiger partial charge in [-0.2, -0.15) is 0 Å². The molecule has 0 bridgehead atoms. The van der Waals surface area contributed by atoms with Gasteiger partial charge < -0.3 is 15.5 Å². The largest absolute Gasteiger partial charge is 0.359 e. The molecule has 7 nitrogen and oxygen atoms in total. The first-order valence-corrected chi connectivity index (χ1v) is 8.06. The second kappa shape index (κ2) is 6.87. The first-order valence-electron chi connectivity index (χ1n) is 7.18. The quantitative estimate of drug-likeness (QED) is 0.836. The molecule has 1 atom stereocenters. The molecule has 1 aromatic rings. The molecular weight excluding hydrogens is 304 g/mol. The average Bonchev–Trinajstić information content (AvgIpc) is 2.98. The van der Waals surface area contributed by atoms with Crippen LogP contribution in [0.3, 0.4) is 0 Å². The van der Waals surface area contributed by atoms with Gasteiger partial charge in [0.1, 0.15) is 6.04 Å². The van der Waals surface area contributed by atoms with Gasteiger partial charge in [-0.25, -0.2) is 4.98 Å². The fraction of sp³-hybridized carbons (Fsp3) is 0.571. The normalized spacial score (nSPS) is 18.3. The molecule has 0 spiro atoms. The second-order valence-corrected chi connectivity index (χ2v) is 6.27. The lowest BCUT2D eigenvalue weighted by atomic mass is 10.1. The lowest BCUT2D eigenvalue weighted by Gasteiger charge is -2.34. The minimum Gasteiger partial charge on any atom is -0.359 e. The van der Waals surface area contributed by atoms with E-state index in [1.165, 1.54) is 23.3 Å². The van der Waals surface area contributed by atoms with Crippen molar-refractivity contribution in [2.75, 3.05) is 20.1 Å². The number of nitrogens with zero attached hydrogens (tertiary/aromatic N) is 2. The number of nitrogens with one attached hydrogen (secondary N) is 2. The lowest BCUT2D eigenvalue weighted by molar-refractivity contribution is -0.132. The van der Waals surface area contributed by atoms with E-state index in [0.717, 1.165) is 5.69 Å². The van der Waals surface area contributed by atoms with Gasteiger partial charge >= 0.3 is 0 Å². The summed E-state index contributed by atoms with van der Waals surface area (Å²) in [5.41, 5.74) is 0.859. The predicted octanol–water partition coefficient (Wildman–Crippen LogP) is 0.343. The van der Waals surface area contributed by atoms with Crippen LogP contribution in [0.4, 0.5) is 0 Å². The molecule has 8 heteroatoms. The number of aromatic nitrogens is 1. The van der Waals surface area contributed by atoms with Crippen LogP contribution in [0.2, 0.25) is 0 Å². The van der Waals surface area contributed by atoms with Crippen LogP contribution in [0.5, 0.6) is 0 Å². The highest BCUT2D eigenvalue weighted by Gasteiger charge is 2.35. The summed E-state index contributed by atoms with van der Waals surface area (Å²) < 4.78 is 0. The monoisotopic (exact) mass is 324 g/mol. The van der Waals surface area contributed by atoms with Gasteiger partial charge in [0, 0.05) is 25.5 Å². The minimum atomic E-state index is -0.785. The lowest BCUT2D eigenvalue weighted by Crippen LogP contribution is -2.58. The van der Waals surface area contributed by atoms with Gasteiger partial charge in [0.05, 0.1) is 12.1 Å². The molecule has 3 amide bonds. The molecule has 2 heterocycles. The minimum absolute atomic E-state index is 0.0452. The molecule has 0 aromatic carbocycles. The van der Waals surface area contributed by atoms with Gasteiger partial charge in [-0.05, 0) is 5.92 Å². The van der Waals surface area contributed by atoms with E-state index in [2.05, 4.69) is 15.6 Å². The Hall–Kier alpha value is -1.96. The number of hydrogen-bond donors (Lipinski definition) is 2. The number of carbonyl (C=O) groups is 3. The second-order valence-electron chi connectivity index (χ2n) is 5.41. The Bertz CT molecular complexity index is 584. The van der Waals surface area contributed by atoms with Gasteiger partial charge in [0.2, 0.25) is 11.8 Å². The Kier molecular flexibility index (Phi) is 5.12. The molecular formula is C14H20N4O3S. The Labute approximate surface area is 133 Å². The van der Waals surface area contributed by atoms with Crippen molar-refractivity contribution in [3.63, 3.8) is 0 Å². The van der Waals surface area contributed by atoms with Crippen molar-refractivity contribution in [2.24, 2.45) is 0 Å². The van der Waals surface area contributed by atoms with E-state index in [-0.39, 0.29) is 30.1 Å². The Morgan fingerprint density at radius 1 is 1.55 bits per heavy atom.